The fourth-order valence-electron chi connectivity index (χ4n) is 3.40. The predicted octanol–water partition coefficient (Wildman–Crippen LogP) is 3.25. The number of carbonyl (C=O) groups excluding carboxylic acids is 1. The largest absolute Gasteiger partial charge is 0.351 e. The molecule has 150 valence electrons. The van der Waals surface area contributed by atoms with Gasteiger partial charge >= 0.3 is 0 Å². The van der Waals surface area contributed by atoms with Crippen LogP contribution < -0.4 is 5.32 Å². The Balaban J connectivity index is 1.72. The fourth-order valence-corrected chi connectivity index (χ4v) is 5.05. The normalized spacial score (nSPS) is 18.0. The van der Waals surface area contributed by atoms with Crippen molar-refractivity contribution >= 4 is 15.9 Å². The maximum absolute atomic E-state index is 13.2. The van der Waals surface area contributed by atoms with Crippen LogP contribution in [0.15, 0.2) is 53.4 Å². The van der Waals surface area contributed by atoms with E-state index in [0.717, 1.165) is 30.5 Å². The molecule has 0 radical (unpaired) electrons. The summed E-state index contributed by atoms with van der Waals surface area (Å²) in [6, 6.07) is 11.9. The highest BCUT2D eigenvalue weighted by Gasteiger charge is 2.37. The number of piperidine rings is 1. The molecule has 0 bridgehead atoms. The first-order valence-corrected chi connectivity index (χ1v) is 11.0. The van der Waals surface area contributed by atoms with Crippen LogP contribution in [0.5, 0.6) is 0 Å². The number of nitrogens with zero attached hydrogens (tertiary/aromatic N) is 1. The van der Waals surface area contributed by atoms with E-state index in [-0.39, 0.29) is 17.3 Å². The van der Waals surface area contributed by atoms with Crippen LogP contribution in [0.25, 0.3) is 0 Å². The number of carbonyl (C=O) groups is 1. The molecular formula is C21H25FN2O3S. The lowest BCUT2D eigenvalue weighted by atomic mass is 10.0. The van der Waals surface area contributed by atoms with Gasteiger partial charge in [-0.1, -0.05) is 37.6 Å². The fraction of sp³-hybridized carbons (Fsp3) is 0.381. The third-order valence-electron chi connectivity index (χ3n) is 5.07. The van der Waals surface area contributed by atoms with Crippen LogP contribution in [-0.4, -0.2) is 31.2 Å². The molecule has 1 saturated heterocycles. The molecule has 2 aromatic carbocycles. The minimum absolute atomic E-state index is 0.00348. The number of amides is 1. The third-order valence-corrected chi connectivity index (χ3v) is 7.00. The molecule has 0 aromatic heterocycles. The second-order valence-corrected chi connectivity index (χ2v) is 8.86. The molecule has 0 saturated carbocycles. The van der Waals surface area contributed by atoms with Crippen molar-refractivity contribution in [1.82, 2.24) is 9.62 Å². The SMILES string of the molecule is CCc1ccc(CNC(=O)[C@H]2CCCCN2S(=O)(=O)c2ccc(F)cc2)cc1. The first-order valence-electron chi connectivity index (χ1n) is 9.54. The first-order chi connectivity index (χ1) is 13.4. The van der Waals surface area contributed by atoms with Gasteiger partial charge < -0.3 is 5.32 Å². The van der Waals surface area contributed by atoms with E-state index in [1.54, 1.807) is 0 Å². The maximum Gasteiger partial charge on any atom is 0.243 e. The molecule has 7 heteroatoms. The van der Waals surface area contributed by atoms with Gasteiger partial charge in [-0.05, 0) is 54.7 Å². The van der Waals surface area contributed by atoms with E-state index < -0.39 is 21.9 Å². The van der Waals surface area contributed by atoms with Crippen LogP contribution >= 0.6 is 0 Å². The van der Waals surface area contributed by atoms with E-state index in [4.69, 9.17) is 0 Å². The van der Waals surface area contributed by atoms with Gasteiger partial charge in [-0.3, -0.25) is 4.79 Å². The molecule has 1 aliphatic rings. The molecule has 0 aliphatic carbocycles. The second kappa shape index (κ2) is 8.84. The number of sulfonamides is 1. The molecule has 2 aromatic rings. The lowest BCUT2D eigenvalue weighted by Crippen LogP contribution is -2.51. The van der Waals surface area contributed by atoms with Crippen molar-refractivity contribution in [2.75, 3.05) is 6.54 Å². The monoisotopic (exact) mass is 404 g/mol. The molecule has 0 spiro atoms. The topological polar surface area (TPSA) is 66.5 Å². The minimum Gasteiger partial charge on any atom is -0.351 e. The van der Waals surface area contributed by atoms with Gasteiger partial charge in [0.1, 0.15) is 11.9 Å². The van der Waals surface area contributed by atoms with Gasteiger partial charge in [0, 0.05) is 13.1 Å². The molecular weight excluding hydrogens is 379 g/mol. The van der Waals surface area contributed by atoms with Gasteiger partial charge in [0.05, 0.1) is 4.90 Å². The summed E-state index contributed by atoms with van der Waals surface area (Å²) in [5.74, 6) is -0.800. The van der Waals surface area contributed by atoms with Crippen LogP contribution in [0, 0.1) is 5.82 Å². The average Bonchev–Trinajstić information content (AvgIpc) is 2.72. The van der Waals surface area contributed by atoms with Crippen molar-refractivity contribution in [3.05, 3.63) is 65.5 Å². The van der Waals surface area contributed by atoms with Crippen LogP contribution in [-0.2, 0) is 27.8 Å². The summed E-state index contributed by atoms with van der Waals surface area (Å²) < 4.78 is 40.4. The first kappa shape index (κ1) is 20.5. The van der Waals surface area contributed by atoms with E-state index in [2.05, 4.69) is 12.2 Å². The smallest absolute Gasteiger partial charge is 0.243 e. The Hall–Kier alpha value is -2.25. The van der Waals surface area contributed by atoms with Crippen molar-refractivity contribution in [2.45, 2.75) is 50.1 Å². The average molecular weight is 405 g/mol. The quantitative estimate of drug-likeness (QED) is 0.804. The zero-order valence-electron chi connectivity index (χ0n) is 15.9. The third kappa shape index (κ3) is 4.59. The summed E-state index contributed by atoms with van der Waals surface area (Å²) >= 11 is 0. The Labute approximate surface area is 165 Å². The number of aryl methyl sites for hydroxylation is 1. The van der Waals surface area contributed by atoms with Gasteiger partial charge in [0.15, 0.2) is 0 Å². The highest BCUT2D eigenvalue weighted by molar-refractivity contribution is 7.89. The number of hydrogen-bond donors (Lipinski definition) is 1. The zero-order valence-corrected chi connectivity index (χ0v) is 16.7. The summed E-state index contributed by atoms with van der Waals surface area (Å²) in [5, 5.41) is 2.86. The van der Waals surface area contributed by atoms with Crippen LogP contribution in [0.3, 0.4) is 0 Å². The lowest BCUT2D eigenvalue weighted by molar-refractivity contribution is -0.125. The van der Waals surface area contributed by atoms with Crippen LogP contribution in [0.4, 0.5) is 4.39 Å². The van der Waals surface area contributed by atoms with Crippen LogP contribution in [0.2, 0.25) is 0 Å². The molecule has 1 atom stereocenters. The van der Waals surface area contributed by atoms with E-state index in [1.165, 1.54) is 22.0 Å². The number of halogens is 1. The van der Waals surface area contributed by atoms with Crippen molar-refractivity contribution in [3.63, 3.8) is 0 Å². The van der Waals surface area contributed by atoms with Crippen molar-refractivity contribution in [3.8, 4) is 0 Å². The summed E-state index contributed by atoms with van der Waals surface area (Å²) in [6.45, 7) is 2.71. The van der Waals surface area contributed by atoms with Crippen molar-refractivity contribution in [1.29, 1.82) is 0 Å². The standard InChI is InChI=1S/C21H25FN2O3S/c1-2-16-6-8-17(9-7-16)15-23-21(25)20-5-3-4-14-24(20)28(26,27)19-12-10-18(22)11-13-19/h6-13,20H,2-5,14-15H2,1H3,(H,23,25)/t20-/m1/s1. The van der Waals surface area contributed by atoms with E-state index >= 15 is 0 Å². The van der Waals surface area contributed by atoms with Crippen molar-refractivity contribution in [2.24, 2.45) is 0 Å². The summed E-state index contributed by atoms with van der Waals surface area (Å²) in [6.07, 6.45) is 2.91. The molecule has 1 N–H and O–H groups in total. The summed E-state index contributed by atoms with van der Waals surface area (Å²) in [4.78, 5) is 12.8. The predicted molar refractivity (Wildman–Crippen MR) is 106 cm³/mol. The number of benzene rings is 2. The zero-order chi connectivity index (χ0) is 20.1. The molecule has 5 nitrogen and oxygen atoms in total. The lowest BCUT2D eigenvalue weighted by Gasteiger charge is -2.33. The Kier molecular flexibility index (Phi) is 6.46. The van der Waals surface area contributed by atoms with Gasteiger partial charge in [-0.25, -0.2) is 12.8 Å². The van der Waals surface area contributed by atoms with Gasteiger partial charge in [-0.15, -0.1) is 0 Å². The van der Waals surface area contributed by atoms with Crippen LogP contribution in [0.1, 0.15) is 37.3 Å². The molecule has 1 fully saturated rings. The Morgan fingerprint density at radius 3 is 2.36 bits per heavy atom. The molecule has 28 heavy (non-hydrogen) atoms. The van der Waals surface area contributed by atoms with Gasteiger partial charge in [0.2, 0.25) is 15.9 Å². The highest BCUT2D eigenvalue weighted by atomic mass is 32.2. The molecule has 1 aliphatic heterocycles. The number of rotatable bonds is 6. The van der Waals surface area contributed by atoms with E-state index in [0.29, 0.717) is 19.4 Å². The highest BCUT2D eigenvalue weighted by Crippen LogP contribution is 2.25. The molecule has 0 unspecified atom stereocenters. The molecule has 3 rings (SSSR count). The molecule has 1 heterocycles. The minimum atomic E-state index is -3.86. The molecule has 1 amide bonds. The number of nitrogens with one attached hydrogen (secondary N) is 1. The Morgan fingerprint density at radius 1 is 1.07 bits per heavy atom. The second-order valence-electron chi connectivity index (χ2n) is 6.97. The maximum atomic E-state index is 13.2. The Morgan fingerprint density at radius 2 is 1.71 bits per heavy atom. The van der Waals surface area contributed by atoms with E-state index in [1.807, 2.05) is 24.3 Å². The van der Waals surface area contributed by atoms with Gasteiger partial charge in [-0.2, -0.15) is 4.31 Å². The summed E-state index contributed by atoms with van der Waals surface area (Å²) in [7, 11) is -3.86. The van der Waals surface area contributed by atoms with Gasteiger partial charge in [0.25, 0.3) is 0 Å². The van der Waals surface area contributed by atoms with E-state index in [9.17, 15) is 17.6 Å². The Bertz CT molecular complexity index is 912. The van der Waals surface area contributed by atoms with Crippen molar-refractivity contribution < 1.29 is 17.6 Å². The summed E-state index contributed by atoms with van der Waals surface area (Å²) in [5.41, 5.74) is 2.19. The number of hydrogen-bond acceptors (Lipinski definition) is 3.